The highest BCUT2D eigenvalue weighted by Crippen LogP contribution is 2.32. The van der Waals surface area contributed by atoms with Gasteiger partial charge in [-0.1, -0.05) is 29.3 Å². The molecule has 2 aromatic carbocycles. The highest BCUT2D eigenvalue weighted by Gasteiger charge is 2.23. The molecular weight excluding hydrogens is 338 g/mol. The predicted octanol–water partition coefficient (Wildman–Crippen LogP) is 3.82. The van der Waals surface area contributed by atoms with Gasteiger partial charge in [-0.05, 0) is 36.8 Å². The van der Waals surface area contributed by atoms with E-state index in [-0.39, 0.29) is 16.4 Å². The largest absolute Gasteiger partial charge is 0.398 e. The number of hydrogen-bond acceptors (Lipinski definition) is 3. The van der Waals surface area contributed by atoms with Crippen LogP contribution in [0.5, 0.6) is 0 Å². The van der Waals surface area contributed by atoms with Crippen molar-refractivity contribution in [3.63, 3.8) is 0 Å². The van der Waals surface area contributed by atoms with Crippen LogP contribution in [0.3, 0.4) is 0 Å². The fraction of sp³-hybridized carbons (Fsp3) is 0.0769. The Bertz CT molecular complexity index is 790. The van der Waals surface area contributed by atoms with Crippen LogP contribution in [0.25, 0.3) is 0 Å². The maximum absolute atomic E-state index is 13.7. The molecule has 0 fully saturated rings. The fourth-order valence-corrected chi connectivity index (χ4v) is 3.48. The zero-order valence-electron chi connectivity index (χ0n) is 10.8. The van der Waals surface area contributed by atoms with E-state index in [1.807, 2.05) is 0 Å². The van der Waals surface area contributed by atoms with Gasteiger partial charge in [0.1, 0.15) is 10.7 Å². The molecule has 0 aromatic heterocycles. The van der Waals surface area contributed by atoms with Crippen molar-refractivity contribution in [2.45, 2.75) is 11.8 Å². The second-order valence-electron chi connectivity index (χ2n) is 4.34. The summed E-state index contributed by atoms with van der Waals surface area (Å²) in [6, 6.07) is 6.48. The van der Waals surface area contributed by atoms with Gasteiger partial charge in [-0.3, -0.25) is 4.72 Å². The van der Waals surface area contributed by atoms with Crippen molar-refractivity contribution in [3.05, 3.63) is 51.8 Å². The van der Waals surface area contributed by atoms with Gasteiger partial charge in [0.15, 0.2) is 0 Å². The zero-order valence-corrected chi connectivity index (χ0v) is 13.2. The minimum absolute atomic E-state index is 0.0509. The first-order valence-corrected chi connectivity index (χ1v) is 7.99. The molecule has 2 rings (SSSR count). The van der Waals surface area contributed by atoms with Gasteiger partial charge in [-0.15, -0.1) is 0 Å². The molecule has 0 unspecified atom stereocenters. The van der Waals surface area contributed by atoms with Gasteiger partial charge >= 0.3 is 0 Å². The summed E-state index contributed by atoms with van der Waals surface area (Å²) in [5.41, 5.74) is 6.08. The first kappa shape index (κ1) is 15.9. The molecule has 8 heteroatoms. The maximum atomic E-state index is 13.7. The number of halogens is 3. The first-order chi connectivity index (χ1) is 9.72. The molecular formula is C13H11Cl2FN2O2S. The molecule has 0 bridgehead atoms. The van der Waals surface area contributed by atoms with E-state index in [2.05, 4.69) is 4.72 Å². The van der Waals surface area contributed by atoms with E-state index in [1.54, 1.807) is 6.92 Å². The topological polar surface area (TPSA) is 72.2 Å². The molecule has 0 radical (unpaired) electrons. The second kappa shape index (κ2) is 5.71. The summed E-state index contributed by atoms with van der Waals surface area (Å²) >= 11 is 11.9. The number of nitrogens with one attached hydrogen (secondary N) is 1. The lowest BCUT2D eigenvalue weighted by Crippen LogP contribution is -2.17. The van der Waals surface area contributed by atoms with Crippen LogP contribution in [-0.4, -0.2) is 8.42 Å². The molecule has 0 aliphatic rings. The molecule has 3 N–H and O–H groups in total. The predicted molar refractivity (Wildman–Crippen MR) is 82.8 cm³/mol. The van der Waals surface area contributed by atoms with E-state index in [0.29, 0.717) is 10.6 Å². The van der Waals surface area contributed by atoms with E-state index in [1.165, 1.54) is 24.3 Å². The van der Waals surface area contributed by atoms with Crippen LogP contribution in [0.15, 0.2) is 35.2 Å². The average molecular weight is 349 g/mol. The minimum atomic E-state index is -4.22. The third kappa shape index (κ3) is 3.23. The van der Waals surface area contributed by atoms with Crippen molar-refractivity contribution in [1.82, 2.24) is 0 Å². The summed E-state index contributed by atoms with van der Waals surface area (Å²) in [5, 5.41) is 0.481. The molecule has 4 nitrogen and oxygen atoms in total. The molecule has 2 aromatic rings. The van der Waals surface area contributed by atoms with E-state index >= 15 is 0 Å². The smallest absolute Gasteiger partial charge is 0.266 e. The number of anilines is 2. The van der Waals surface area contributed by atoms with Crippen LogP contribution in [0.2, 0.25) is 10.0 Å². The van der Waals surface area contributed by atoms with Gasteiger partial charge in [0, 0.05) is 5.02 Å². The molecule has 21 heavy (non-hydrogen) atoms. The number of benzene rings is 2. The second-order valence-corrected chi connectivity index (χ2v) is 6.78. The number of nitrogens with two attached hydrogens (primary N) is 1. The number of hydrogen-bond donors (Lipinski definition) is 2. The van der Waals surface area contributed by atoms with E-state index in [0.717, 1.165) is 6.07 Å². The van der Waals surface area contributed by atoms with Gasteiger partial charge in [-0.2, -0.15) is 0 Å². The normalized spacial score (nSPS) is 11.4. The number of sulfonamides is 1. The first-order valence-electron chi connectivity index (χ1n) is 5.75. The Morgan fingerprint density at radius 2 is 1.86 bits per heavy atom. The van der Waals surface area contributed by atoms with Crippen molar-refractivity contribution in [2.24, 2.45) is 0 Å². The van der Waals surface area contributed by atoms with Crippen LogP contribution >= 0.6 is 23.2 Å². The van der Waals surface area contributed by atoms with Gasteiger partial charge in [0.25, 0.3) is 10.0 Å². The van der Waals surface area contributed by atoms with E-state index in [4.69, 9.17) is 28.9 Å². The fourth-order valence-electron chi connectivity index (χ4n) is 1.73. The lowest BCUT2D eigenvalue weighted by Gasteiger charge is -2.13. The molecule has 0 amide bonds. The van der Waals surface area contributed by atoms with Gasteiger partial charge in [0.05, 0.1) is 16.4 Å². The third-order valence-corrected chi connectivity index (χ3v) is 4.94. The quantitative estimate of drug-likeness (QED) is 0.828. The molecule has 112 valence electrons. The highest BCUT2D eigenvalue weighted by molar-refractivity contribution is 7.93. The summed E-state index contributed by atoms with van der Waals surface area (Å²) in [7, 11) is -4.22. The third-order valence-electron chi connectivity index (χ3n) is 2.76. The van der Waals surface area contributed by atoms with Crippen molar-refractivity contribution >= 4 is 44.6 Å². The number of nitrogen functional groups attached to an aromatic ring is 1. The Hall–Kier alpha value is -1.50. The Morgan fingerprint density at radius 3 is 2.48 bits per heavy atom. The van der Waals surface area contributed by atoms with Gasteiger partial charge in [0.2, 0.25) is 0 Å². The Kier molecular flexibility index (Phi) is 4.32. The Morgan fingerprint density at radius 1 is 1.19 bits per heavy atom. The Labute approximate surface area is 131 Å². The monoisotopic (exact) mass is 348 g/mol. The van der Waals surface area contributed by atoms with E-state index < -0.39 is 20.7 Å². The summed E-state index contributed by atoms with van der Waals surface area (Å²) in [6.45, 7) is 1.72. The number of rotatable bonds is 3. The van der Waals surface area contributed by atoms with Crippen LogP contribution in [-0.2, 0) is 10.0 Å². The molecule has 0 aliphatic heterocycles. The van der Waals surface area contributed by atoms with Crippen LogP contribution in [0.1, 0.15) is 5.56 Å². The summed E-state index contributed by atoms with van der Waals surface area (Å²) in [6.07, 6.45) is 0. The molecule has 0 saturated carbocycles. The highest BCUT2D eigenvalue weighted by atomic mass is 35.5. The molecule has 0 spiro atoms. The molecule has 0 saturated heterocycles. The SMILES string of the molecule is Cc1cc(Cl)c(NS(=O)(=O)c2c(N)cccc2F)cc1Cl. The van der Waals surface area contributed by atoms with Gasteiger partial charge in [-0.25, -0.2) is 12.8 Å². The van der Waals surface area contributed by atoms with Crippen molar-refractivity contribution in [1.29, 1.82) is 0 Å². The van der Waals surface area contributed by atoms with Crippen LogP contribution < -0.4 is 10.5 Å². The van der Waals surface area contributed by atoms with Crippen molar-refractivity contribution in [3.8, 4) is 0 Å². The lowest BCUT2D eigenvalue weighted by atomic mass is 10.2. The van der Waals surface area contributed by atoms with Gasteiger partial charge < -0.3 is 5.73 Å². The molecule has 0 heterocycles. The van der Waals surface area contributed by atoms with Crippen LogP contribution in [0.4, 0.5) is 15.8 Å². The zero-order chi connectivity index (χ0) is 15.8. The molecule has 0 aliphatic carbocycles. The minimum Gasteiger partial charge on any atom is -0.398 e. The summed E-state index contributed by atoms with van der Waals surface area (Å²) in [5.74, 6) is -0.947. The number of aryl methyl sites for hydroxylation is 1. The van der Waals surface area contributed by atoms with Crippen LogP contribution in [0, 0.1) is 12.7 Å². The van der Waals surface area contributed by atoms with Crippen molar-refractivity contribution in [2.75, 3.05) is 10.5 Å². The lowest BCUT2D eigenvalue weighted by molar-refractivity contribution is 0.572. The maximum Gasteiger partial charge on any atom is 0.266 e. The summed E-state index contributed by atoms with van der Waals surface area (Å²) < 4.78 is 40.4. The standard InChI is InChI=1S/C13H11Cl2FN2O2S/c1-7-5-9(15)12(6-8(7)14)18-21(19,20)13-10(16)3-2-4-11(13)17/h2-6,18H,17H2,1H3. The average Bonchev–Trinajstić information content (AvgIpc) is 2.35. The Balaban J connectivity index is 2.50. The summed E-state index contributed by atoms with van der Waals surface area (Å²) in [4.78, 5) is -0.627. The molecule has 0 atom stereocenters. The van der Waals surface area contributed by atoms with E-state index in [9.17, 15) is 12.8 Å². The van der Waals surface area contributed by atoms with Crippen molar-refractivity contribution < 1.29 is 12.8 Å².